The molecule has 1 heterocycles. The molecule has 9 nitrogen and oxygen atoms in total. The van der Waals surface area contributed by atoms with Crippen LogP contribution in [0.4, 0.5) is 0 Å². The lowest BCUT2D eigenvalue weighted by atomic mass is 10.1. The molecular formula is C11H14N4O5. The molecule has 5 N–H and O–H groups in total. The van der Waals surface area contributed by atoms with Crippen LogP contribution in [0.3, 0.4) is 0 Å². The molecule has 1 rings (SSSR count). The highest BCUT2D eigenvalue weighted by atomic mass is 16.4. The van der Waals surface area contributed by atoms with Gasteiger partial charge in [-0.1, -0.05) is 0 Å². The number of rotatable bonds is 5. The van der Waals surface area contributed by atoms with Crippen molar-refractivity contribution in [1.82, 2.24) is 15.5 Å². The maximum atomic E-state index is 12.0. The number of hydrogen-bond acceptors (Lipinski definition) is 5. The monoisotopic (exact) mass is 282 g/mol. The summed E-state index contributed by atoms with van der Waals surface area (Å²) in [4.78, 5) is 45.2. The summed E-state index contributed by atoms with van der Waals surface area (Å²) >= 11 is 0. The van der Waals surface area contributed by atoms with Crippen LogP contribution in [0.1, 0.15) is 28.0 Å². The van der Waals surface area contributed by atoms with E-state index >= 15 is 0 Å². The summed E-state index contributed by atoms with van der Waals surface area (Å²) in [5.74, 6) is -3.20. The molecule has 1 atom stereocenters. The van der Waals surface area contributed by atoms with Gasteiger partial charge in [-0.05, 0) is 19.4 Å². The largest absolute Gasteiger partial charge is 0.480 e. The Labute approximate surface area is 113 Å². The molecule has 1 unspecified atom stereocenters. The number of aryl methyl sites for hydroxylation is 1. The van der Waals surface area contributed by atoms with Gasteiger partial charge in [-0.15, -0.1) is 0 Å². The first-order valence-electron chi connectivity index (χ1n) is 5.62. The molecule has 0 radical (unpaired) electrons. The third-order valence-electron chi connectivity index (χ3n) is 2.71. The van der Waals surface area contributed by atoms with Gasteiger partial charge in [0.2, 0.25) is 5.91 Å². The molecule has 0 aliphatic rings. The number of carboxylic acid groups (broad SMARTS) is 1. The molecule has 0 aromatic carbocycles. The molecule has 1 aromatic heterocycles. The van der Waals surface area contributed by atoms with Crippen LogP contribution >= 0.6 is 0 Å². The highest BCUT2D eigenvalue weighted by Gasteiger charge is 2.25. The zero-order valence-electron chi connectivity index (χ0n) is 10.9. The first-order chi connectivity index (χ1) is 9.23. The number of aromatic amines is 1. The molecule has 9 heteroatoms. The van der Waals surface area contributed by atoms with E-state index in [1.54, 1.807) is 6.92 Å². The third kappa shape index (κ3) is 3.40. The van der Waals surface area contributed by atoms with Gasteiger partial charge in [0.1, 0.15) is 11.6 Å². The molecule has 1 aromatic rings. The Kier molecular flexibility index (Phi) is 4.57. The standard InChI is InChI=1S/C11H14N4O5/c1-4-5(2)14-15-10(18)8(4)9(17)13-6(11(19)20)3-7(12)16/h6H,3H2,1-2H3,(H2,12,16)(H,13,17)(H,15,18)(H,19,20). The quantitative estimate of drug-likeness (QED) is 0.512. The second-order valence-electron chi connectivity index (χ2n) is 4.17. The number of nitrogens with one attached hydrogen (secondary N) is 2. The zero-order chi connectivity index (χ0) is 15.4. The molecule has 108 valence electrons. The van der Waals surface area contributed by atoms with Gasteiger partial charge in [0.25, 0.3) is 11.5 Å². The molecule has 0 fully saturated rings. The van der Waals surface area contributed by atoms with E-state index < -0.39 is 35.8 Å². The Hall–Kier alpha value is -2.71. The predicted molar refractivity (Wildman–Crippen MR) is 67.0 cm³/mol. The number of primary amides is 1. The van der Waals surface area contributed by atoms with E-state index in [0.717, 1.165) is 0 Å². The van der Waals surface area contributed by atoms with Crippen molar-refractivity contribution in [3.63, 3.8) is 0 Å². The average molecular weight is 282 g/mol. The molecule has 0 saturated carbocycles. The smallest absolute Gasteiger partial charge is 0.326 e. The van der Waals surface area contributed by atoms with E-state index in [-0.39, 0.29) is 5.56 Å². The lowest BCUT2D eigenvalue weighted by Crippen LogP contribution is -2.45. The van der Waals surface area contributed by atoms with Gasteiger partial charge < -0.3 is 16.2 Å². The minimum absolute atomic E-state index is 0.242. The lowest BCUT2D eigenvalue weighted by Gasteiger charge is -2.13. The van der Waals surface area contributed by atoms with Crippen molar-refractivity contribution >= 4 is 17.8 Å². The van der Waals surface area contributed by atoms with Gasteiger partial charge in [0.05, 0.1) is 12.1 Å². The van der Waals surface area contributed by atoms with Gasteiger partial charge in [-0.25, -0.2) is 9.89 Å². The number of carboxylic acids is 1. The minimum Gasteiger partial charge on any atom is -0.480 e. The van der Waals surface area contributed by atoms with Crippen LogP contribution in [0.5, 0.6) is 0 Å². The Morgan fingerprint density at radius 3 is 2.50 bits per heavy atom. The third-order valence-corrected chi connectivity index (χ3v) is 2.71. The number of carbonyl (C=O) groups is 3. The number of nitrogens with zero attached hydrogens (tertiary/aromatic N) is 1. The number of hydrogen-bond donors (Lipinski definition) is 4. The van der Waals surface area contributed by atoms with Crippen LogP contribution in [-0.2, 0) is 9.59 Å². The number of carbonyl (C=O) groups excluding carboxylic acids is 2. The second-order valence-corrected chi connectivity index (χ2v) is 4.17. The summed E-state index contributed by atoms with van der Waals surface area (Å²) in [5, 5.41) is 16.8. The van der Waals surface area contributed by atoms with Crippen molar-refractivity contribution in [2.45, 2.75) is 26.3 Å². The number of aromatic nitrogens is 2. The molecule has 2 amide bonds. The summed E-state index contributed by atoms with van der Waals surface area (Å²) in [7, 11) is 0. The maximum absolute atomic E-state index is 12.0. The highest BCUT2D eigenvalue weighted by Crippen LogP contribution is 2.05. The molecule has 0 aliphatic carbocycles. The van der Waals surface area contributed by atoms with Crippen LogP contribution in [0.2, 0.25) is 0 Å². The van der Waals surface area contributed by atoms with Gasteiger partial charge in [0.15, 0.2) is 0 Å². The molecule has 20 heavy (non-hydrogen) atoms. The van der Waals surface area contributed by atoms with Crippen LogP contribution in [0.25, 0.3) is 0 Å². The number of H-pyrrole nitrogens is 1. The van der Waals surface area contributed by atoms with Gasteiger partial charge in [0, 0.05) is 0 Å². The zero-order valence-corrected chi connectivity index (χ0v) is 10.9. The summed E-state index contributed by atoms with van der Waals surface area (Å²) in [6.45, 7) is 3.09. The van der Waals surface area contributed by atoms with Crippen molar-refractivity contribution in [3.8, 4) is 0 Å². The van der Waals surface area contributed by atoms with Crippen LogP contribution in [0, 0.1) is 13.8 Å². The highest BCUT2D eigenvalue weighted by molar-refractivity contribution is 5.98. The Morgan fingerprint density at radius 2 is 2.00 bits per heavy atom. The first kappa shape index (κ1) is 15.3. The van der Waals surface area contributed by atoms with Crippen molar-refractivity contribution in [1.29, 1.82) is 0 Å². The fourth-order valence-corrected chi connectivity index (χ4v) is 1.53. The molecular weight excluding hydrogens is 268 g/mol. The van der Waals surface area contributed by atoms with Gasteiger partial charge >= 0.3 is 5.97 Å². The summed E-state index contributed by atoms with van der Waals surface area (Å²) in [6, 6.07) is -1.49. The Balaban J connectivity index is 3.07. The van der Waals surface area contributed by atoms with E-state index in [4.69, 9.17) is 10.8 Å². The number of aliphatic carboxylic acids is 1. The second kappa shape index (κ2) is 5.95. The van der Waals surface area contributed by atoms with Crippen molar-refractivity contribution < 1.29 is 19.5 Å². The van der Waals surface area contributed by atoms with Crippen LogP contribution in [0.15, 0.2) is 4.79 Å². The van der Waals surface area contributed by atoms with E-state index in [0.29, 0.717) is 11.3 Å². The van der Waals surface area contributed by atoms with Crippen LogP contribution < -0.4 is 16.6 Å². The Morgan fingerprint density at radius 1 is 1.40 bits per heavy atom. The summed E-state index contributed by atoms with van der Waals surface area (Å²) in [6.07, 6.45) is -0.567. The molecule has 0 aliphatic heterocycles. The van der Waals surface area contributed by atoms with Crippen molar-refractivity contribution in [2.75, 3.05) is 0 Å². The summed E-state index contributed by atoms with van der Waals surface area (Å²) < 4.78 is 0. The fraction of sp³-hybridized carbons (Fsp3) is 0.364. The predicted octanol–water partition coefficient (Wildman–Crippen LogP) is -1.55. The SMILES string of the molecule is Cc1n[nH]c(=O)c(C(=O)NC(CC(N)=O)C(=O)O)c1C. The first-order valence-corrected chi connectivity index (χ1v) is 5.62. The average Bonchev–Trinajstić information content (AvgIpc) is 2.33. The number of nitrogens with two attached hydrogens (primary N) is 1. The topological polar surface area (TPSA) is 155 Å². The van der Waals surface area contributed by atoms with Gasteiger partial charge in [-0.2, -0.15) is 5.10 Å². The minimum atomic E-state index is -1.49. The lowest BCUT2D eigenvalue weighted by molar-refractivity contribution is -0.140. The van der Waals surface area contributed by atoms with Gasteiger partial charge in [-0.3, -0.25) is 14.4 Å². The molecule has 0 spiro atoms. The molecule has 0 bridgehead atoms. The maximum Gasteiger partial charge on any atom is 0.326 e. The Bertz CT molecular complexity index is 622. The van der Waals surface area contributed by atoms with Crippen molar-refractivity contribution in [2.24, 2.45) is 5.73 Å². The number of amides is 2. The normalized spacial score (nSPS) is 11.7. The van der Waals surface area contributed by atoms with E-state index in [9.17, 15) is 19.2 Å². The van der Waals surface area contributed by atoms with E-state index in [1.807, 2.05) is 0 Å². The fourth-order valence-electron chi connectivity index (χ4n) is 1.53. The van der Waals surface area contributed by atoms with Crippen LogP contribution in [-0.4, -0.2) is 39.1 Å². The molecule has 0 saturated heterocycles. The van der Waals surface area contributed by atoms with Crippen molar-refractivity contribution in [3.05, 3.63) is 27.2 Å². The van der Waals surface area contributed by atoms with E-state index in [1.165, 1.54) is 6.92 Å². The summed E-state index contributed by atoms with van der Waals surface area (Å²) in [5.41, 5.74) is 4.67. The van der Waals surface area contributed by atoms with E-state index in [2.05, 4.69) is 15.5 Å².